The molecule has 2 heterocycles. The predicted octanol–water partition coefficient (Wildman–Crippen LogP) is 3.35. The van der Waals surface area contributed by atoms with Gasteiger partial charge in [0.05, 0.1) is 23.6 Å². The number of H-pyrrole nitrogens is 1. The normalized spacial score (nSPS) is 13.1. The number of benzene rings is 1. The van der Waals surface area contributed by atoms with Gasteiger partial charge in [-0.15, -0.1) is 10.2 Å². The standard InChI is InChI=1S/C15H18ClN5O/c1-4-13-19-20-14(22-13)8-21(3)9(2)15-17-11-6-5-10(16)7-12(11)18-15/h5-7,9H,4,8H2,1-3H3,(H,17,18). The predicted molar refractivity (Wildman–Crippen MR) is 84.7 cm³/mol. The van der Waals surface area contributed by atoms with Crippen LogP contribution in [0.1, 0.15) is 37.5 Å². The molecule has 0 spiro atoms. The van der Waals surface area contributed by atoms with E-state index in [1.165, 1.54) is 0 Å². The lowest BCUT2D eigenvalue weighted by atomic mass is 10.3. The van der Waals surface area contributed by atoms with Gasteiger partial charge < -0.3 is 9.40 Å². The fourth-order valence-corrected chi connectivity index (χ4v) is 2.43. The van der Waals surface area contributed by atoms with Gasteiger partial charge in [-0.25, -0.2) is 4.98 Å². The van der Waals surface area contributed by atoms with E-state index in [-0.39, 0.29) is 6.04 Å². The van der Waals surface area contributed by atoms with Gasteiger partial charge in [-0.3, -0.25) is 4.90 Å². The van der Waals surface area contributed by atoms with E-state index >= 15 is 0 Å². The van der Waals surface area contributed by atoms with E-state index in [4.69, 9.17) is 16.0 Å². The molecule has 3 aromatic rings. The summed E-state index contributed by atoms with van der Waals surface area (Å²) in [5, 5.41) is 8.73. The van der Waals surface area contributed by atoms with E-state index in [1.54, 1.807) is 0 Å². The molecule has 22 heavy (non-hydrogen) atoms. The van der Waals surface area contributed by atoms with Crippen molar-refractivity contribution >= 4 is 22.6 Å². The number of imidazole rings is 1. The fraction of sp³-hybridized carbons (Fsp3) is 0.400. The Hall–Kier alpha value is -1.92. The summed E-state index contributed by atoms with van der Waals surface area (Å²) in [6.07, 6.45) is 0.747. The van der Waals surface area contributed by atoms with Crippen LogP contribution in [0.25, 0.3) is 11.0 Å². The van der Waals surface area contributed by atoms with Crippen LogP contribution >= 0.6 is 11.6 Å². The van der Waals surface area contributed by atoms with Crippen LogP contribution in [-0.2, 0) is 13.0 Å². The second-order valence-electron chi connectivity index (χ2n) is 5.32. The minimum Gasteiger partial charge on any atom is -0.424 e. The van der Waals surface area contributed by atoms with E-state index in [2.05, 4.69) is 32.0 Å². The number of hydrogen-bond donors (Lipinski definition) is 1. The maximum absolute atomic E-state index is 6.01. The van der Waals surface area contributed by atoms with E-state index in [0.29, 0.717) is 23.3 Å². The molecule has 0 amide bonds. The molecule has 3 rings (SSSR count). The number of aromatic amines is 1. The lowest BCUT2D eigenvalue weighted by molar-refractivity contribution is 0.219. The van der Waals surface area contributed by atoms with Gasteiger partial charge in [0.2, 0.25) is 11.8 Å². The third-order valence-electron chi connectivity index (χ3n) is 3.71. The highest BCUT2D eigenvalue weighted by atomic mass is 35.5. The Balaban J connectivity index is 1.77. The SMILES string of the molecule is CCc1nnc(CN(C)C(C)c2nc3ccc(Cl)cc3[nH]2)o1. The molecule has 116 valence electrons. The number of hydrogen-bond acceptors (Lipinski definition) is 5. The molecule has 1 atom stereocenters. The Morgan fingerprint density at radius 3 is 2.82 bits per heavy atom. The molecule has 0 radical (unpaired) electrons. The van der Waals surface area contributed by atoms with Crippen LogP contribution in [-0.4, -0.2) is 32.1 Å². The molecule has 1 aromatic carbocycles. The van der Waals surface area contributed by atoms with Crippen molar-refractivity contribution in [3.05, 3.63) is 40.8 Å². The van der Waals surface area contributed by atoms with Crippen molar-refractivity contribution in [3.63, 3.8) is 0 Å². The monoisotopic (exact) mass is 319 g/mol. The minimum absolute atomic E-state index is 0.0863. The molecule has 2 aromatic heterocycles. The van der Waals surface area contributed by atoms with Gasteiger partial charge in [-0.1, -0.05) is 18.5 Å². The Labute approximate surface area is 133 Å². The van der Waals surface area contributed by atoms with E-state index in [0.717, 1.165) is 23.3 Å². The largest absolute Gasteiger partial charge is 0.424 e. The van der Waals surface area contributed by atoms with Gasteiger partial charge in [0, 0.05) is 11.4 Å². The number of nitrogens with zero attached hydrogens (tertiary/aromatic N) is 4. The number of fused-ring (bicyclic) bond motifs is 1. The average molecular weight is 320 g/mol. The van der Waals surface area contributed by atoms with Crippen molar-refractivity contribution in [2.45, 2.75) is 32.9 Å². The van der Waals surface area contributed by atoms with Crippen LogP contribution in [0.4, 0.5) is 0 Å². The van der Waals surface area contributed by atoms with Crippen molar-refractivity contribution < 1.29 is 4.42 Å². The number of nitrogens with one attached hydrogen (secondary N) is 1. The first-order chi connectivity index (χ1) is 10.6. The molecule has 0 fully saturated rings. The Bertz CT molecular complexity index is 781. The van der Waals surface area contributed by atoms with Gasteiger partial charge in [-0.05, 0) is 32.2 Å². The second-order valence-corrected chi connectivity index (χ2v) is 5.75. The Morgan fingerprint density at radius 2 is 2.09 bits per heavy atom. The average Bonchev–Trinajstić information content (AvgIpc) is 3.12. The van der Waals surface area contributed by atoms with Crippen molar-refractivity contribution in [3.8, 4) is 0 Å². The maximum Gasteiger partial charge on any atom is 0.230 e. The molecule has 0 aliphatic heterocycles. The third kappa shape index (κ3) is 2.98. The molecule has 0 saturated heterocycles. The zero-order chi connectivity index (χ0) is 15.7. The molecule has 6 nitrogen and oxygen atoms in total. The Kier molecular flexibility index (Phi) is 4.13. The molecular formula is C15H18ClN5O. The highest BCUT2D eigenvalue weighted by Crippen LogP contribution is 2.23. The summed E-state index contributed by atoms with van der Waals surface area (Å²) in [5.41, 5.74) is 1.85. The summed E-state index contributed by atoms with van der Waals surface area (Å²) in [7, 11) is 2.00. The third-order valence-corrected chi connectivity index (χ3v) is 3.95. The van der Waals surface area contributed by atoms with Crippen LogP contribution in [0, 0.1) is 0 Å². The highest BCUT2D eigenvalue weighted by Gasteiger charge is 2.18. The van der Waals surface area contributed by atoms with Gasteiger partial charge >= 0.3 is 0 Å². The van der Waals surface area contributed by atoms with E-state index in [1.807, 2.05) is 32.2 Å². The van der Waals surface area contributed by atoms with E-state index in [9.17, 15) is 0 Å². The fourth-order valence-electron chi connectivity index (χ4n) is 2.25. The lowest BCUT2D eigenvalue weighted by Gasteiger charge is -2.20. The first-order valence-corrected chi connectivity index (χ1v) is 7.61. The first kappa shape index (κ1) is 15.0. The van der Waals surface area contributed by atoms with Crippen LogP contribution in [0.5, 0.6) is 0 Å². The number of rotatable bonds is 5. The van der Waals surface area contributed by atoms with Crippen molar-refractivity contribution in [2.24, 2.45) is 0 Å². The minimum atomic E-state index is 0.0863. The van der Waals surface area contributed by atoms with Crippen LogP contribution in [0.15, 0.2) is 22.6 Å². The number of aromatic nitrogens is 4. The Morgan fingerprint density at radius 1 is 1.32 bits per heavy atom. The summed E-state index contributed by atoms with van der Waals surface area (Å²) in [4.78, 5) is 10.0. The van der Waals surface area contributed by atoms with Crippen LogP contribution in [0.2, 0.25) is 5.02 Å². The molecule has 7 heteroatoms. The van der Waals surface area contributed by atoms with Crippen molar-refractivity contribution in [1.82, 2.24) is 25.1 Å². The molecule has 0 aliphatic rings. The van der Waals surface area contributed by atoms with Gasteiger partial charge in [0.1, 0.15) is 5.82 Å². The van der Waals surface area contributed by atoms with Crippen molar-refractivity contribution in [2.75, 3.05) is 7.05 Å². The molecule has 1 unspecified atom stereocenters. The highest BCUT2D eigenvalue weighted by molar-refractivity contribution is 6.31. The summed E-state index contributed by atoms with van der Waals surface area (Å²) in [6, 6.07) is 5.72. The van der Waals surface area contributed by atoms with Gasteiger partial charge in [-0.2, -0.15) is 0 Å². The van der Waals surface area contributed by atoms with Crippen LogP contribution in [0.3, 0.4) is 0 Å². The summed E-state index contributed by atoms with van der Waals surface area (Å²) in [5.74, 6) is 2.16. The van der Waals surface area contributed by atoms with Crippen LogP contribution < -0.4 is 0 Å². The number of aryl methyl sites for hydroxylation is 1. The summed E-state index contributed by atoms with van der Waals surface area (Å²) < 4.78 is 5.55. The zero-order valence-corrected chi connectivity index (χ0v) is 13.6. The number of halogens is 1. The second kappa shape index (κ2) is 6.06. The van der Waals surface area contributed by atoms with Gasteiger partial charge in [0.25, 0.3) is 0 Å². The van der Waals surface area contributed by atoms with Gasteiger partial charge in [0.15, 0.2) is 0 Å². The summed E-state index contributed by atoms with van der Waals surface area (Å²) in [6.45, 7) is 4.64. The quantitative estimate of drug-likeness (QED) is 0.780. The summed E-state index contributed by atoms with van der Waals surface area (Å²) >= 11 is 6.01. The lowest BCUT2D eigenvalue weighted by Crippen LogP contribution is -2.23. The molecule has 0 saturated carbocycles. The topological polar surface area (TPSA) is 70.8 Å². The maximum atomic E-state index is 6.01. The first-order valence-electron chi connectivity index (χ1n) is 7.23. The smallest absolute Gasteiger partial charge is 0.230 e. The molecular weight excluding hydrogens is 302 g/mol. The molecule has 0 bridgehead atoms. The molecule has 0 aliphatic carbocycles. The molecule has 1 N–H and O–H groups in total. The van der Waals surface area contributed by atoms with E-state index < -0.39 is 0 Å². The van der Waals surface area contributed by atoms with Crippen molar-refractivity contribution in [1.29, 1.82) is 0 Å². The zero-order valence-electron chi connectivity index (χ0n) is 12.8.